The van der Waals surface area contributed by atoms with E-state index in [1.165, 1.54) is 0 Å². The molecule has 0 amide bonds. The molecule has 0 spiro atoms. The molecule has 0 radical (unpaired) electrons. The number of rotatable bonds is 6. The van der Waals surface area contributed by atoms with Crippen LogP contribution >= 0.6 is 7.82 Å². The minimum atomic E-state index is -4.69. The van der Waals surface area contributed by atoms with Crippen molar-refractivity contribution in [3.63, 3.8) is 0 Å². The highest BCUT2D eigenvalue weighted by Crippen LogP contribution is 2.46. The van der Waals surface area contributed by atoms with E-state index >= 15 is 0 Å². The van der Waals surface area contributed by atoms with Gasteiger partial charge in [0.1, 0.15) is 5.75 Å². The molecule has 0 bridgehead atoms. The number of hydrogen-bond donors (Lipinski definition) is 2. The van der Waals surface area contributed by atoms with Crippen molar-refractivity contribution in [3.05, 3.63) is 101 Å². The predicted molar refractivity (Wildman–Crippen MR) is 116 cm³/mol. The highest BCUT2D eigenvalue weighted by atomic mass is 31.2. The highest BCUT2D eigenvalue weighted by Gasteiger charge is 2.32. The third-order valence-electron chi connectivity index (χ3n) is 5.58. The van der Waals surface area contributed by atoms with Crippen molar-refractivity contribution in [2.75, 3.05) is 0 Å². The van der Waals surface area contributed by atoms with Crippen molar-refractivity contribution < 1.29 is 18.9 Å². The second kappa shape index (κ2) is 7.79. The molecule has 5 heteroatoms. The van der Waals surface area contributed by atoms with Gasteiger partial charge < -0.3 is 4.52 Å². The van der Waals surface area contributed by atoms with Crippen LogP contribution in [0.25, 0.3) is 0 Å². The van der Waals surface area contributed by atoms with Gasteiger partial charge >= 0.3 is 7.82 Å². The zero-order valence-electron chi connectivity index (χ0n) is 17.2. The topological polar surface area (TPSA) is 66.8 Å². The SMILES string of the molecule is CC(C)(c1ccccc1)c1ccc(OP(=O)(O)O)c(C(C)(C)c2ccccc2)c1. The van der Waals surface area contributed by atoms with Crippen LogP contribution in [-0.4, -0.2) is 9.79 Å². The molecule has 4 nitrogen and oxygen atoms in total. The Morgan fingerprint density at radius 3 is 1.66 bits per heavy atom. The van der Waals surface area contributed by atoms with E-state index in [1.807, 2.05) is 74.5 Å². The predicted octanol–water partition coefficient (Wildman–Crippen LogP) is 5.81. The van der Waals surface area contributed by atoms with Gasteiger partial charge in [-0.05, 0) is 22.8 Å². The Morgan fingerprint density at radius 1 is 0.690 bits per heavy atom. The summed E-state index contributed by atoms with van der Waals surface area (Å²) >= 11 is 0. The van der Waals surface area contributed by atoms with Crippen LogP contribution in [0, 0.1) is 0 Å². The van der Waals surface area contributed by atoms with Crippen molar-refractivity contribution in [3.8, 4) is 5.75 Å². The van der Waals surface area contributed by atoms with E-state index in [-0.39, 0.29) is 11.2 Å². The lowest BCUT2D eigenvalue weighted by atomic mass is 9.73. The molecule has 0 aliphatic heterocycles. The summed E-state index contributed by atoms with van der Waals surface area (Å²) in [6.07, 6.45) is 0. The van der Waals surface area contributed by atoms with Crippen LogP contribution in [0.4, 0.5) is 0 Å². The van der Waals surface area contributed by atoms with Crippen molar-refractivity contribution in [2.24, 2.45) is 0 Å². The number of phosphoric acid groups is 1. The number of hydrogen-bond acceptors (Lipinski definition) is 2. The Bertz CT molecular complexity index is 1020. The fraction of sp³-hybridized carbons (Fsp3) is 0.250. The maximum absolute atomic E-state index is 11.6. The van der Waals surface area contributed by atoms with Gasteiger partial charge in [-0.1, -0.05) is 100 Å². The van der Waals surface area contributed by atoms with Crippen molar-refractivity contribution in [2.45, 2.75) is 38.5 Å². The Kier molecular flexibility index (Phi) is 5.73. The van der Waals surface area contributed by atoms with E-state index in [0.717, 1.165) is 22.3 Å². The van der Waals surface area contributed by atoms with Gasteiger partial charge in [0, 0.05) is 16.4 Å². The van der Waals surface area contributed by atoms with Gasteiger partial charge in [0.25, 0.3) is 0 Å². The smallest absolute Gasteiger partial charge is 0.404 e. The highest BCUT2D eigenvalue weighted by molar-refractivity contribution is 7.46. The summed E-state index contributed by atoms with van der Waals surface area (Å²) in [4.78, 5) is 18.9. The molecule has 0 aromatic heterocycles. The molecular weight excluding hydrogens is 383 g/mol. The van der Waals surface area contributed by atoms with E-state index in [2.05, 4.69) is 26.0 Å². The Morgan fingerprint density at radius 2 is 1.17 bits per heavy atom. The quantitative estimate of drug-likeness (QED) is 0.503. The average Bonchev–Trinajstić information content (AvgIpc) is 2.68. The van der Waals surface area contributed by atoms with Crippen LogP contribution in [0.1, 0.15) is 49.9 Å². The van der Waals surface area contributed by atoms with Gasteiger partial charge in [0.2, 0.25) is 0 Å². The van der Waals surface area contributed by atoms with Crippen molar-refractivity contribution in [1.29, 1.82) is 0 Å². The first-order valence-electron chi connectivity index (χ1n) is 9.53. The standard InChI is InChI=1S/C24H27O4P/c1-23(2,18-11-7-5-8-12-18)20-15-16-22(28-29(25,26)27)21(17-20)24(3,4)19-13-9-6-10-14-19/h5-17H,1-4H3,(H2,25,26,27). The summed E-state index contributed by atoms with van der Waals surface area (Å²) < 4.78 is 16.7. The van der Waals surface area contributed by atoms with E-state index in [9.17, 15) is 14.4 Å². The van der Waals surface area contributed by atoms with Gasteiger partial charge in [0.05, 0.1) is 0 Å². The maximum Gasteiger partial charge on any atom is 0.524 e. The molecule has 0 aliphatic carbocycles. The van der Waals surface area contributed by atoms with Gasteiger partial charge in [-0.3, -0.25) is 9.79 Å². The average molecular weight is 410 g/mol. The summed E-state index contributed by atoms with van der Waals surface area (Å²) in [5.74, 6) is 0.194. The largest absolute Gasteiger partial charge is 0.524 e. The molecule has 0 atom stereocenters. The summed E-state index contributed by atoms with van der Waals surface area (Å²) in [6, 6.07) is 25.6. The Labute approximate surface area is 172 Å². The van der Waals surface area contributed by atoms with Crippen LogP contribution in [0.5, 0.6) is 5.75 Å². The summed E-state index contributed by atoms with van der Waals surface area (Å²) in [5.41, 5.74) is 3.16. The van der Waals surface area contributed by atoms with Crippen LogP contribution < -0.4 is 4.52 Å². The zero-order chi connectivity index (χ0) is 21.3. The fourth-order valence-electron chi connectivity index (χ4n) is 3.65. The third kappa shape index (κ3) is 4.62. The lowest BCUT2D eigenvalue weighted by molar-refractivity contribution is 0.281. The fourth-order valence-corrected chi connectivity index (χ4v) is 4.06. The molecule has 0 saturated heterocycles. The molecule has 3 aromatic rings. The van der Waals surface area contributed by atoms with Gasteiger partial charge in [-0.15, -0.1) is 0 Å². The van der Waals surface area contributed by atoms with Gasteiger partial charge in [-0.2, -0.15) is 0 Å². The first-order chi connectivity index (χ1) is 13.5. The second-order valence-corrected chi connectivity index (χ2v) is 9.44. The molecule has 29 heavy (non-hydrogen) atoms. The normalized spacial score (nSPS) is 12.6. The number of phosphoric ester groups is 1. The molecule has 0 fully saturated rings. The maximum atomic E-state index is 11.6. The van der Waals surface area contributed by atoms with E-state index in [4.69, 9.17) is 4.52 Å². The molecule has 152 valence electrons. The lowest BCUT2D eigenvalue weighted by Crippen LogP contribution is -2.23. The minimum absolute atomic E-state index is 0.194. The second-order valence-electron chi connectivity index (χ2n) is 8.27. The summed E-state index contributed by atoms with van der Waals surface area (Å²) in [5, 5.41) is 0. The summed E-state index contributed by atoms with van der Waals surface area (Å²) in [6.45, 7) is 8.34. The van der Waals surface area contributed by atoms with Crippen molar-refractivity contribution >= 4 is 7.82 Å². The summed E-state index contributed by atoms with van der Waals surface area (Å²) in [7, 11) is -4.69. The van der Waals surface area contributed by atoms with Crippen LogP contribution in [0.2, 0.25) is 0 Å². The van der Waals surface area contributed by atoms with Crippen LogP contribution in [-0.2, 0) is 15.4 Å². The molecule has 0 heterocycles. The Hall–Kier alpha value is -2.39. The van der Waals surface area contributed by atoms with Gasteiger partial charge in [-0.25, -0.2) is 4.57 Å². The van der Waals surface area contributed by atoms with Gasteiger partial charge in [0.15, 0.2) is 0 Å². The Balaban J connectivity index is 2.18. The lowest BCUT2D eigenvalue weighted by Gasteiger charge is -2.32. The molecular formula is C24H27O4P. The third-order valence-corrected chi connectivity index (χ3v) is 6.02. The van der Waals surface area contributed by atoms with Crippen LogP contribution in [0.15, 0.2) is 78.9 Å². The molecule has 2 N–H and O–H groups in total. The molecule has 0 saturated carbocycles. The van der Waals surface area contributed by atoms with E-state index in [1.54, 1.807) is 6.07 Å². The molecule has 3 rings (SSSR count). The zero-order valence-corrected chi connectivity index (χ0v) is 18.1. The number of benzene rings is 3. The van der Waals surface area contributed by atoms with Crippen molar-refractivity contribution in [1.82, 2.24) is 0 Å². The molecule has 0 aliphatic rings. The molecule has 0 unspecified atom stereocenters. The first-order valence-corrected chi connectivity index (χ1v) is 11.1. The van der Waals surface area contributed by atoms with E-state index in [0.29, 0.717) is 0 Å². The van der Waals surface area contributed by atoms with Crippen LogP contribution in [0.3, 0.4) is 0 Å². The van der Waals surface area contributed by atoms with E-state index < -0.39 is 13.2 Å². The monoisotopic (exact) mass is 410 g/mol. The molecule has 3 aromatic carbocycles. The first kappa shape index (κ1) is 21.3. The minimum Gasteiger partial charge on any atom is -0.404 e.